The van der Waals surface area contributed by atoms with Crippen LogP contribution in [0.4, 0.5) is 0 Å². The molecular formula is C9H14N4O. The van der Waals surface area contributed by atoms with Crippen molar-refractivity contribution in [2.24, 2.45) is 0 Å². The molecule has 1 aromatic rings. The fourth-order valence-electron chi connectivity index (χ4n) is 1.89. The van der Waals surface area contributed by atoms with Crippen LogP contribution < -0.4 is 5.32 Å². The molecule has 3 N–H and O–H groups in total. The molecule has 1 saturated heterocycles. The van der Waals surface area contributed by atoms with Gasteiger partial charge in [-0.25, -0.2) is 4.98 Å². The summed E-state index contributed by atoms with van der Waals surface area (Å²) in [5.74, 6) is 2.07. The van der Waals surface area contributed by atoms with Crippen molar-refractivity contribution in [2.75, 3.05) is 13.1 Å². The van der Waals surface area contributed by atoms with Gasteiger partial charge in [0.15, 0.2) is 5.82 Å². The zero-order valence-electron chi connectivity index (χ0n) is 7.95. The first kappa shape index (κ1) is 8.38. The molecule has 1 aliphatic heterocycles. The van der Waals surface area contributed by atoms with Crippen LogP contribution in [0.3, 0.4) is 0 Å². The van der Waals surface area contributed by atoms with Gasteiger partial charge in [-0.2, -0.15) is 5.10 Å². The van der Waals surface area contributed by atoms with E-state index in [0.717, 1.165) is 12.4 Å². The van der Waals surface area contributed by atoms with E-state index in [1.165, 1.54) is 12.8 Å². The lowest BCUT2D eigenvalue weighted by atomic mass is 10.0. The molecule has 2 heterocycles. The second kappa shape index (κ2) is 2.77. The van der Waals surface area contributed by atoms with E-state index in [2.05, 4.69) is 20.5 Å². The highest BCUT2D eigenvalue weighted by Crippen LogP contribution is 2.38. The second-order valence-corrected chi connectivity index (χ2v) is 4.28. The van der Waals surface area contributed by atoms with Gasteiger partial charge in [0.2, 0.25) is 0 Å². The maximum Gasteiger partial charge on any atom is 0.183 e. The van der Waals surface area contributed by atoms with Crippen LogP contribution in [-0.2, 0) is 5.60 Å². The molecule has 0 radical (unpaired) electrons. The third kappa shape index (κ3) is 1.24. The third-order valence-electron chi connectivity index (χ3n) is 3.02. The molecule has 0 aromatic carbocycles. The molecular weight excluding hydrogens is 180 g/mol. The highest BCUT2D eigenvalue weighted by molar-refractivity contribution is 5.11. The van der Waals surface area contributed by atoms with Crippen molar-refractivity contribution in [1.29, 1.82) is 0 Å². The Kier molecular flexibility index (Phi) is 1.66. The fourth-order valence-corrected chi connectivity index (χ4v) is 1.89. The summed E-state index contributed by atoms with van der Waals surface area (Å²) in [6.07, 6.45) is 3.10. The van der Waals surface area contributed by atoms with Gasteiger partial charge >= 0.3 is 0 Å². The van der Waals surface area contributed by atoms with E-state index in [1.54, 1.807) is 0 Å². The quantitative estimate of drug-likeness (QED) is 0.613. The molecule has 1 aliphatic carbocycles. The molecule has 5 nitrogen and oxygen atoms in total. The second-order valence-electron chi connectivity index (χ2n) is 4.28. The molecule has 0 bridgehead atoms. The number of β-amino-alcohol motifs (C(OH)–C–C–N with tert-alkyl or cyclic N) is 1. The van der Waals surface area contributed by atoms with Crippen molar-refractivity contribution in [3.8, 4) is 0 Å². The number of rotatable bonds is 2. The average molecular weight is 194 g/mol. The van der Waals surface area contributed by atoms with Crippen molar-refractivity contribution in [1.82, 2.24) is 20.5 Å². The van der Waals surface area contributed by atoms with Crippen LogP contribution in [0.1, 0.15) is 36.8 Å². The Morgan fingerprint density at radius 3 is 2.93 bits per heavy atom. The predicted octanol–water partition coefficient (Wildman–Crippen LogP) is -0.137. The van der Waals surface area contributed by atoms with Crippen molar-refractivity contribution in [3.63, 3.8) is 0 Å². The molecule has 2 aliphatic rings. The Morgan fingerprint density at radius 2 is 2.29 bits per heavy atom. The zero-order chi connectivity index (χ0) is 9.60. The molecule has 0 amide bonds. The zero-order valence-corrected chi connectivity index (χ0v) is 7.95. The van der Waals surface area contributed by atoms with Crippen LogP contribution in [0, 0.1) is 0 Å². The topological polar surface area (TPSA) is 73.8 Å². The van der Waals surface area contributed by atoms with E-state index in [9.17, 15) is 5.11 Å². The molecule has 1 aromatic heterocycles. The smallest absolute Gasteiger partial charge is 0.183 e. The van der Waals surface area contributed by atoms with Crippen LogP contribution in [0.5, 0.6) is 0 Å². The van der Waals surface area contributed by atoms with Crippen LogP contribution in [0.15, 0.2) is 0 Å². The van der Waals surface area contributed by atoms with Crippen LogP contribution >= 0.6 is 0 Å². The number of aromatic amines is 1. The van der Waals surface area contributed by atoms with Crippen molar-refractivity contribution < 1.29 is 5.11 Å². The summed E-state index contributed by atoms with van der Waals surface area (Å²) < 4.78 is 0. The molecule has 76 valence electrons. The van der Waals surface area contributed by atoms with Crippen LogP contribution in [-0.4, -0.2) is 33.4 Å². The summed E-state index contributed by atoms with van der Waals surface area (Å²) >= 11 is 0. The Bertz CT molecular complexity index is 338. The summed E-state index contributed by atoms with van der Waals surface area (Å²) in [5.41, 5.74) is -0.844. The number of aliphatic hydroxyl groups is 1. The monoisotopic (exact) mass is 194 g/mol. The van der Waals surface area contributed by atoms with Gasteiger partial charge in [-0.05, 0) is 25.8 Å². The fraction of sp³-hybridized carbons (Fsp3) is 0.778. The predicted molar refractivity (Wildman–Crippen MR) is 49.7 cm³/mol. The summed E-state index contributed by atoms with van der Waals surface area (Å²) in [6, 6.07) is 0. The molecule has 1 unspecified atom stereocenters. The Balaban J connectivity index is 1.87. The van der Waals surface area contributed by atoms with E-state index in [-0.39, 0.29) is 0 Å². The first-order valence-corrected chi connectivity index (χ1v) is 5.14. The highest BCUT2D eigenvalue weighted by Gasteiger charge is 2.38. The van der Waals surface area contributed by atoms with E-state index in [1.807, 2.05) is 0 Å². The SMILES string of the molecule is OC1(c2n[nH]c(C3CC3)n2)CCNC1. The van der Waals surface area contributed by atoms with Gasteiger partial charge in [0.25, 0.3) is 0 Å². The number of nitrogens with zero attached hydrogens (tertiary/aromatic N) is 2. The third-order valence-corrected chi connectivity index (χ3v) is 3.02. The number of nitrogens with one attached hydrogen (secondary N) is 2. The Morgan fingerprint density at radius 1 is 1.43 bits per heavy atom. The van der Waals surface area contributed by atoms with Gasteiger partial charge < -0.3 is 10.4 Å². The minimum absolute atomic E-state index is 0.560. The Hall–Kier alpha value is -0.940. The Labute approximate surface area is 81.9 Å². The van der Waals surface area contributed by atoms with Gasteiger partial charge in [0.05, 0.1) is 0 Å². The van der Waals surface area contributed by atoms with E-state index >= 15 is 0 Å². The van der Waals surface area contributed by atoms with E-state index in [4.69, 9.17) is 0 Å². The number of hydrogen-bond acceptors (Lipinski definition) is 4. The minimum atomic E-state index is -0.844. The first-order valence-electron chi connectivity index (χ1n) is 5.14. The van der Waals surface area contributed by atoms with Gasteiger partial charge in [-0.3, -0.25) is 5.10 Å². The number of H-pyrrole nitrogens is 1. The lowest BCUT2D eigenvalue weighted by molar-refractivity contribution is 0.0495. The van der Waals surface area contributed by atoms with Gasteiger partial charge in [0, 0.05) is 12.5 Å². The largest absolute Gasteiger partial charge is 0.380 e. The number of hydrogen-bond donors (Lipinski definition) is 3. The lowest BCUT2D eigenvalue weighted by Crippen LogP contribution is -2.29. The number of aromatic nitrogens is 3. The molecule has 0 spiro atoms. The maximum absolute atomic E-state index is 10.2. The van der Waals surface area contributed by atoms with Crippen molar-refractivity contribution >= 4 is 0 Å². The average Bonchev–Trinajstić information content (AvgIpc) is 2.75. The standard InChI is InChI=1S/C9H14N4O/c14-9(3-4-10-5-9)8-11-7(12-13-8)6-1-2-6/h6,10,14H,1-5H2,(H,11,12,13). The van der Waals surface area contributed by atoms with Crippen molar-refractivity contribution in [2.45, 2.75) is 30.8 Å². The highest BCUT2D eigenvalue weighted by atomic mass is 16.3. The summed E-state index contributed by atoms with van der Waals surface area (Å²) in [4.78, 5) is 4.37. The first-order chi connectivity index (χ1) is 6.78. The van der Waals surface area contributed by atoms with E-state index in [0.29, 0.717) is 24.7 Å². The van der Waals surface area contributed by atoms with Crippen LogP contribution in [0.25, 0.3) is 0 Å². The van der Waals surface area contributed by atoms with E-state index < -0.39 is 5.60 Å². The molecule has 1 atom stereocenters. The lowest BCUT2D eigenvalue weighted by Gasteiger charge is -2.15. The maximum atomic E-state index is 10.2. The molecule has 14 heavy (non-hydrogen) atoms. The molecule has 5 heteroatoms. The van der Waals surface area contributed by atoms with Crippen molar-refractivity contribution in [3.05, 3.63) is 11.6 Å². The summed E-state index contributed by atoms with van der Waals surface area (Å²) in [7, 11) is 0. The normalized spacial score (nSPS) is 32.4. The molecule has 1 saturated carbocycles. The van der Waals surface area contributed by atoms with Gasteiger partial charge in [-0.15, -0.1) is 0 Å². The molecule has 3 rings (SSSR count). The van der Waals surface area contributed by atoms with Crippen LogP contribution in [0.2, 0.25) is 0 Å². The van der Waals surface area contributed by atoms with Gasteiger partial charge in [-0.1, -0.05) is 0 Å². The summed E-state index contributed by atoms with van der Waals surface area (Å²) in [6.45, 7) is 1.40. The summed E-state index contributed by atoms with van der Waals surface area (Å²) in [5, 5.41) is 20.3. The molecule has 2 fully saturated rings. The van der Waals surface area contributed by atoms with Gasteiger partial charge in [0.1, 0.15) is 11.4 Å². The minimum Gasteiger partial charge on any atom is -0.380 e.